The van der Waals surface area contributed by atoms with E-state index in [4.69, 9.17) is 4.74 Å². The lowest BCUT2D eigenvalue weighted by molar-refractivity contribution is -0.142. The number of nitrogens with one attached hydrogen (secondary N) is 3. The van der Waals surface area contributed by atoms with Gasteiger partial charge in [-0.05, 0) is 118 Å². The number of H-pyrrole nitrogens is 1. The normalized spacial score (nSPS) is 11.6. The van der Waals surface area contributed by atoms with Crippen LogP contribution in [0.25, 0.3) is 22.2 Å². The molecular weight excluding hydrogens is 534 g/mol. The molecule has 3 N–H and O–H groups in total. The number of aromatic amines is 1. The molecule has 0 aliphatic carbocycles. The zero-order valence-corrected chi connectivity index (χ0v) is 25.3. The Hall–Kier alpha value is -3.62. The number of aryl methyl sites for hydroxylation is 3. The quantitative estimate of drug-likeness (QED) is 0.125. The average molecular weight is 576 g/mol. The van der Waals surface area contributed by atoms with Gasteiger partial charge in [0.1, 0.15) is 0 Å². The minimum atomic E-state index is -3.26. The Labute approximate surface area is 243 Å². The van der Waals surface area contributed by atoms with E-state index >= 15 is 0 Å². The van der Waals surface area contributed by atoms with Gasteiger partial charge in [-0.15, -0.1) is 0 Å². The number of unbranched alkanes of at least 4 members (excludes halogenated alkanes) is 1. The van der Waals surface area contributed by atoms with Crippen LogP contribution in [0.1, 0.15) is 47.6 Å². The molecule has 1 aromatic heterocycles. The summed E-state index contributed by atoms with van der Waals surface area (Å²) in [6.07, 6.45) is 5.32. The van der Waals surface area contributed by atoms with Crippen LogP contribution in [0.15, 0.2) is 60.7 Å². The van der Waals surface area contributed by atoms with Crippen molar-refractivity contribution < 1.29 is 17.9 Å². The van der Waals surface area contributed by atoms with E-state index in [1.165, 1.54) is 27.8 Å². The van der Waals surface area contributed by atoms with E-state index in [9.17, 15) is 13.2 Å². The van der Waals surface area contributed by atoms with Crippen molar-refractivity contribution in [2.45, 2.75) is 52.9 Å². The lowest BCUT2D eigenvalue weighted by Gasteiger charge is -2.10. The van der Waals surface area contributed by atoms with Crippen molar-refractivity contribution in [3.63, 3.8) is 0 Å². The highest BCUT2D eigenvalue weighted by atomic mass is 32.2. The third-order valence-electron chi connectivity index (χ3n) is 7.01. The third-order valence-corrected chi connectivity index (χ3v) is 7.62. The Kier molecular flexibility index (Phi) is 10.2. The fraction of sp³-hybridized carbons (Fsp3) is 0.364. The van der Waals surface area contributed by atoms with Crippen molar-refractivity contribution in [3.05, 3.63) is 88.5 Å². The molecule has 4 aromatic rings. The lowest BCUT2D eigenvalue weighted by atomic mass is 9.98. The van der Waals surface area contributed by atoms with E-state index < -0.39 is 10.0 Å². The second kappa shape index (κ2) is 13.8. The highest BCUT2D eigenvalue weighted by Gasteiger charge is 2.15. The summed E-state index contributed by atoms with van der Waals surface area (Å²) in [5, 5.41) is 4.76. The molecule has 7 nitrogen and oxygen atoms in total. The van der Waals surface area contributed by atoms with Gasteiger partial charge in [-0.25, -0.2) is 8.42 Å². The molecule has 0 saturated heterocycles. The van der Waals surface area contributed by atoms with E-state index in [1.54, 1.807) is 12.1 Å². The summed E-state index contributed by atoms with van der Waals surface area (Å²) in [6.45, 7) is 8.22. The van der Waals surface area contributed by atoms with Crippen LogP contribution in [-0.2, 0) is 38.8 Å². The first-order valence-corrected chi connectivity index (χ1v) is 16.2. The molecule has 0 saturated carbocycles. The Morgan fingerprint density at radius 2 is 1.59 bits per heavy atom. The molecule has 0 aliphatic heterocycles. The molecule has 1 heterocycles. The predicted octanol–water partition coefficient (Wildman–Crippen LogP) is 6.08. The maximum absolute atomic E-state index is 12.1. The largest absolute Gasteiger partial charge is 0.466 e. The number of benzene rings is 3. The molecule has 0 aliphatic rings. The minimum Gasteiger partial charge on any atom is -0.466 e. The van der Waals surface area contributed by atoms with Crippen LogP contribution in [0.5, 0.6) is 0 Å². The van der Waals surface area contributed by atoms with Gasteiger partial charge in [0.2, 0.25) is 10.0 Å². The van der Waals surface area contributed by atoms with Crippen LogP contribution in [-0.4, -0.2) is 45.3 Å². The SMILES string of the molecule is CCOC(=O)Cc1ccc2[nH]c(-c3cc(C)cc(C)c3)c(CCNCCCCc3ccc(NS(C)(=O)=O)cc3)c2c1. The fourth-order valence-corrected chi connectivity index (χ4v) is 5.84. The molecule has 0 radical (unpaired) electrons. The Bertz CT molecular complexity index is 1570. The fourth-order valence-electron chi connectivity index (χ4n) is 5.28. The number of ether oxygens (including phenoxy) is 1. The number of rotatable bonds is 14. The van der Waals surface area contributed by atoms with E-state index in [0.717, 1.165) is 67.2 Å². The molecule has 0 unspecified atom stereocenters. The second-order valence-corrected chi connectivity index (χ2v) is 12.5. The summed E-state index contributed by atoms with van der Waals surface area (Å²) in [7, 11) is -3.26. The van der Waals surface area contributed by atoms with Crippen LogP contribution in [0.3, 0.4) is 0 Å². The first-order chi connectivity index (χ1) is 19.6. The molecular formula is C33H41N3O4S. The van der Waals surface area contributed by atoms with E-state index in [0.29, 0.717) is 12.3 Å². The number of esters is 1. The van der Waals surface area contributed by atoms with Gasteiger partial charge < -0.3 is 15.0 Å². The monoisotopic (exact) mass is 575 g/mol. The Balaban J connectivity index is 1.38. The summed E-state index contributed by atoms with van der Waals surface area (Å²) < 4.78 is 30.4. The highest BCUT2D eigenvalue weighted by Crippen LogP contribution is 2.32. The molecule has 3 aromatic carbocycles. The van der Waals surface area contributed by atoms with Gasteiger partial charge in [-0.3, -0.25) is 9.52 Å². The maximum Gasteiger partial charge on any atom is 0.310 e. The van der Waals surface area contributed by atoms with Crippen molar-refractivity contribution in [3.8, 4) is 11.3 Å². The molecule has 0 bridgehead atoms. The van der Waals surface area contributed by atoms with Gasteiger partial charge in [-0.2, -0.15) is 0 Å². The van der Waals surface area contributed by atoms with Crippen LogP contribution in [0.4, 0.5) is 5.69 Å². The average Bonchev–Trinajstić information content (AvgIpc) is 3.25. The van der Waals surface area contributed by atoms with Gasteiger partial charge in [0.05, 0.1) is 19.3 Å². The number of aromatic nitrogens is 1. The zero-order valence-electron chi connectivity index (χ0n) is 24.5. The number of carbonyl (C=O) groups is 1. The van der Waals surface area contributed by atoms with E-state index in [1.807, 2.05) is 25.1 Å². The Morgan fingerprint density at radius 1 is 0.878 bits per heavy atom. The molecule has 0 atom stereocenters. The molecule has 0 spiro atoms. The number of sulfonamides is 1. The smallest absolute Gasteiger partial charge is 0.310 e. The molecule has 41 heavy (non-hydrogen) atoms. The minimum absolute atomic E-state index is 0.207. The highest BCUT2D eigenvalue weighted by molar-refractivity contribution is 7.92. The summed E-state index contributed by atoms with van der Waals surface area (Å²) in [5.41, 5.74) is 9.83. The molecule has 4 rings (SSSR count). The van der Waals surface area contributed by atoms with Crippen molar-refractivity contribution in [2.75, 3.05) is 30.7 Å². The van der Waals surface area contributed by atoms with Crippen molar-refractivity contribution in [1.29, 1.82) is 0 Å². The van der Waals surface area contributed by atoms with Crippen LogP contribution in [0.2, 0.25) is 0 Å². The van der Waals surface area contributed by atoms with Gasteiger partial charge in [0.25, 0.3) is 0 Å². The standard InChI is InChI=1S/C33H41N3O4S/c1-5-40-32(37)22-26-11-14-31-30(21-26)29(33(35-31)27-19-23(2)18-24(3)20-27)15-17-34-16-7-6-8-25-9-12-28(13-10-25)36-41(4,38)39/h9-14,18-21,34-36H,5-8,15-17,22H2,1-4H3. The third kappa shape index (κ3) is 8.93. The predicted molar refractivity (Wildman–Crippen MR) is 168 cm³/mol. The topological polar surface area (TPSA) is 100 Å². The molecule has 218 valence electrons. The van der Waals surface area contributed by atoms with Crippen molar-refractivity contribution in [2.24, 2.45) is 0 Å². The molecule has 0 amide bonds. The first kappa shape index (κ1) is 30.3. The van der Waals surface area contributed by atoms with Crippen LogP contribution < -0.4 is 10.0 Å². The van der Waals surface area contributed by atoms with Gasteiger partial charge >= 0.3 is 5.97 Å². The number of hydrogen-bond donors (Lipinski definition) is 3. The summed E-state index contributed by atoms with van der Waals surface area (Å²) >= 11 is 0. The number of fused-ring (bicyclic) bond motifs is 1. The zero-order chi connectivity index (χ0) is 29.4. The molecule has 0 fully saturated rings. The second-order valence-electron chi connectivity index (χ2n) is 10.7. The van der Waals surface area contributed by atoms with Gasteiger partial charge in [-0.1, -0.05) is 35.4 Å². The number of hydrogen-bond acceptors (Lipinski definition) is 5. The maximum atomic E-state index is 12.1. The number of anilines is 1. The lowest BCUT2D eigenvalue weighted by Crippen LogP contribution is -2.18. The summed E-state index contributed by atoms with van der Waals surface area (Å²) in [5.74, 6) is -0.207. The summed E-state index contributed by atoms with van der Waals surface area (Å²) in [6, 6.07) is 20.4. The summed E-state index contributed by atoms with van der Waals surface area (Å²) in [4.78, 5) is 15.8. The van der Waals surface area contributed by atoms with Gasteiger partial charge in [0, 0.05) is 22.3 Å². The van der Waals surface area contributed by atoms with Crippen LogP contribution >= 0.6 is 0 Å². The van der Waals surface area contributed by atoms with E-state index in [2.05, 4.69) is 59.2 Å². The first-order valence-electron chi connectivity index (χ1n) is 14.3. The van der Waals surface area contributed by atoms with Crippen molar-refractivity contribution in [1.82, 2.24) is 10.3 Å². The van der Waals surface area contributed by atoms with Crippen molar-refractivity contribution >= 4 is 32.6 Å². The number of carbonyl (C=O) groups excluding carboxylic acids is 1. The van der Waals surface area contributed by atoms with Gasteiger partial charge in [0.15, 0.2) is 0 Å². The molecule has 8 heteroatoms. The van der Waals surface area contributed by atoms with E-state index in [-0.39, 0.29) is 12.4 Å². The van der Waals surface area contributed by atoms with Crippen LogP contribution in [0, 0.1) is 13.8 Å². The Morgan fingerprint density at radius 3 is 2.27 bits per heavy atom.